The Labute approximate surface area is 214 Å². The van der Waals surface area contributed by atoms with Crippen molar-refractivity contribution >= 4 is 69.1 Å². The number of benzene rings is 2. The average molecular weight is 602 g/mol. The van der Waals surface area contributed by atoms with Gasteiger partial charge in [-0.05, 0) is 89.7 Å². The van der Waals surface area contributed by atoms with Gasteiger partial charge in [0.15, 0.2) is 11.5 Å². The van der Waals surface area contributed by atoms with Gasteiger partial charge in [-0.25, -0.2) is 4.79 Å². The second-order valence-corrected chi connectivity index (χ2v) is 9.52. The molecule has 33 heavy (non-hydrogen) atoms. The number of thioether (sulfide) groups is 1. The molecule has 0 aliphatic carbocycles. The number of carbonyl (C=O) groups excluding carboxylic acids is 3. The SMILES string of the molecule is CCOc1cc(/C=C2/SC(=O)N([C@H](C)C(=O)OC)C2=O)cc(I)c1OCc1ccc(Cl)cc1. The normalized spacial score (nSPS) is 15.7. The molecule has 0 bridgehead atoms. The fourth-order valence-electron chi connectivity index (χ4n) is 3.05. The van der Waals surface area contributed by atoms with Gasteiger partial charge in [0.2, 0.25) is 0 Å². The minimum atomic E-state index is -1.00. The zero-order valence-corrected chi connectivity index (χ0v) is 21.8. The summed E-state index contributed by atoms with van der Waals surface area (Å²) in [6.45, 7) is 4.07. The van der Waals surface area contributed by atoms with E-state index in [0.717, 1.165) is 25.8 Å². The van der Waals surface area contributed by atoms with Gasteiger partial charge in [-0.3, -0.25) is 14.5 Å². The van der Waals surface area contributed by atoms with Gasteiger partial charge >= 0.3 is 5.97 Å². The van der Waals surface area contributed by atoms with E-state index < -0.39 is 23.2 Å². The van der Waals surface area contributed by atoms with E-state index in [1.54, 1.807) is 24.3 Å². The summed E-state index contributed by atoms with van der Waals surface area (Å²) in [5.74, 6) is -0.100. The van der Waals surface area contributed by atoms with Gasteiger partial charge in [-0.2, -0.15) is 0 Å². The maximum Gasteiger partial charge on any atom is 0.328 e. The molecular formula is C23H21ClINO6S. The van der Waals surface area contributed by atoms with Gasteiger partial charge in [0, 0.05) is 5.02 Å². The van der Waals surface area contributed by atoms with Crippen LogP contribution in [0.4, 0.5) is 4.79 Å². The summed E-state index contributed by atoms with van der Waals surface area (Å²) < 4.78 is 17.2. The van der Waals surface area contributed by atoms with Crippen LogP contribution in [0.15, 0.2) is 41.3 Å². The standard InChI is InChI=1S/C23H21ClINO6S/c1-4-31-18-10-15(9-17(25)20(18)32-12-14-5-7-16(24)8-6-14)11-19-21(27)26(23(29)33-19)13(2)22(28)30-3/h5-11,13H,4,12H2,1-3H3/b19-11+/t13-/m1/s1. The lowest BCUT2D eigenvalue weighted by atomic mass is 10.1. The first-order valence-electron chi connectivity index (χ1n) is 9.93. The quantitative estimate of drug-likeness (QED) is 0.224. The molecule has 1 saturated heterocycles. The number of methoxy groups -OCH3 is 1. The third-order valence-electron chi connectivity index (χ3n) is 4.68. The monoisotopic (exact) mass is 601 g/mol. The maximum atomic E-state index is 12.8. The number of halogens is 2. The summed E-state index contributed by atoms with van der Waals surface area (Å²) in [6.07, 6.45) is 1.60. The van der Waals surface area contributed by atoms with Crippen LogP contribution in [0.25, 0.3) is 6.08 Å². The predicted octanol–water partition coefficient (Wildman–Crippen LogP) is 5.52. The molecule has 1 aliphatic rings. The van der Waals surface area contributed by atoms with E-state index in [0.29, 0.717) is 35.3 Å². The van der Waals surface area contributed by atoms with Gasteiger partial charge < -0.3 is 14.2 Å². The Hall–Kier alpha value is -2.24. The van der Waals surface area contributed by atoms with Crippen LogP contribution in [0.1, 0.15) is 25.0 Å². The number of amides is 2. The van der Waals surface area contributed by atoms with E-state index in [-0.39, 0.29) is 4.91 Å². The van der Waals surface area contributed by atoms with Crippen molar-refractivity contribution in [2.75, 3.05) is 13.7 Å². The van der Waals surface area contributed by atoms with Gasteiger partial charge in [0.05, 0.1) is 22.2 Å². The number of hydrogen-bond donors (Lipinski definition) is 0. The van der Waals surface area contributed by atoms with E-state index in [9.17, 15) is 14.4 Å². The van der Waals surface area contributed by atoms with Crippen molar-refractivity contribution in [3.8, 4) is 11.5 Å². The molecule has 1 aliphatic heterocycles. The van der Waals surface area contributed by atoms with Gasteiger partial charge in [-0.1, -0.05) is 23.7 Å². The molecule has 2 amide bonds. The molecule has 174 valence electrons. The van der Waals surface area contributed by atoms with Crippen molar-refractivity contribution in [1.29, 1.82) is 0 Å². The molecule has 0 N–H and O–H groups in total. The van der Waals surface area contributed by atoms with E-state index in [1.807, 2.05) is 25.1 Å². The lowest BCUT2D eigenvalue weighted by Gasteiger charge is -2.18. The zero-order valence-electron chi connectivity index (χ0n) is 18.1. The summed E-state index contributed by atoms with van der Waals surface area (Å²) in [4.78, 5) is 38.0. The summed E-state index contributed by atoms with van der Waals surface area (Å²) in [5, 5.41) is 0.130. The van der Waals surface area contributed by atoms with Crippen LogP contribution in [0.5, 0.6) is 11.5 Å². The first-order valence-corrected chi connectivity index (χ1v) is 12.2. The first kappa shape index (κ1) is 25.4. The molecule has 1 heterocycles. The molecule has 10 heteroatoms. The van der Waals surface area contributed by atoms with Crippen LogP contribution >= 0.6 is 46.0 Å². The predicted molar refractivity (Wildman–Crippen MR) is 135 cm³/mol. The van der Waals surface area contributed by atoms with Crippen molar-refractivity contribution in [3.63, 3.8) is 0 Å². The fourth-order valence-corrected chi connectivity index (χ4v) is 4.87. The molecule has 0 radical (unpaired) electrons. The van der Waals surface area contributed by atoms with E-state index in [1.165, 1.54) is 14.0 Å². The molecule has 1 atom stereocenters. The summed E-state index contributed by atoms with van der Waals surface area (Å²) in [5.41, 5.74) is 1.62. The Morgan fingerprint density at radius 3 is 2.55 bits per heavy atom. The molecule has 0 aromatic heterocycles. The molecule has 0 unspecified atom stereocenters. The van der Waals surface area contributed by atoms with Crippen molar-refractivity contribution in [2.45, 2.75) is 26.5 Å². The van der Waals surface area contributed by atoms with Gasteiger partial charge in [0.1, 0.15) is 12.6 Å². The van der Waals surface area contributed by atoms with E-state index in [2.05, 4.69) is 27.3 Å². The highest BCUT2D eigenvalue weighted by atomic mass is 127. The lowest BCUT2D eigenvalue weighted by molar-refractivity contribution is -0.148. The Kier molecular flexibility index (Phi) is 8.66. The zero-order chi connectivity index (χ0) is 24.1. The number of esters is 1. The summed E-state index contributed by atoms with van der Waals surface area (Å²) >= 11 is 8.85. The molecular weight excluding hydrogens is 581 g/mol. The number of rotatable bonds is 8. The largest absolute Gasteiger partial charge is 0.490 e. The van der Waals surface area contributed by atoms with Crippen LogP contribution < -0.4 is 9.47 Å². The molecule has 7 nitrogen and oxygen atoms in total. The highest BCUT2D eigenvalue weighted by Crippen LogP contribution is 2.38. The molecule has 2 aromatic rings. The van der Waals surface area contributed by atoms with Crippen LogP contribution in [-0.2, 0) is 20.9 Å². The first-order chi connectivity index (χ1) is 15.7. The minimum absolute atomic E-state index is 0.212. The van der Waals surface area contributed by atoms with Crippen LogP contribution in [-0.4, -0.2) is 41.8 Å². The number of imide groups is 1. The highest BCUT2D eigenvalue weighted by molar-refractivity contribution is 14.1. The summed E-state index contributed by atoms with van der Waals surface area (Å²) in [6, 6.07) is 9.94. The number of ether oxygens (including phenoxy) is 3. The van der Waals surface area contributed by atoms with Crippen LogP contribution in [0.3, 0.4) is 0 Å². The van der Waals surface area contributed by atoms with Crippen molar-refractivity contribution in [2.24, 2.45) is 0 Å². The Morgan fingerprint density at radius 1 is 1.21 bits per heavy atom. The number of nitrogens with zero attached hydrogens (tertiary/aromatic N) is 1. The van der Waals surface area contributed by atoms with E-state index in [4.69, 9.17) is 21.1 Å². The van der Waals surface area contributed by atoms with Crippen LogP contribution in [0.2, 0.25) is 5.02 Å². The molecule has 0 spiro atoms. The summed E-state index contributed by atoms with van der Waals surface area (Å²) in [7, 11) is 1.21. The van der Waals surface area contributed by atoms with Crippen LogP contribution in [0, 0.1) is 3.57 Å². The Bertz CT molecular complexity index is 1100. The van der Waals surface area contributed by atoms with Crippen molar-refractivity contribution in [1.82, 2.24) is 4.90 Å². The smallest absolute Gasteiger partial charge is 0.328 e. The molecule has 3 rings (SSSR count). The number of carbonyl (C=O) groups is 3. The maximum absolute atomic E-state index is 12.8. The topological polar surface area (TPSA) is 82.1 Å². The second-order valence-electron chi connectivity index (χ2n) is 6.93. The molecule has 0 saturated carbocycles. The lowest BCUT2D eigenvalue weighted by Crippen LogP contribution is -2.42. The minimum Gasteiger partial charge on any atom is -0.490 e. The van der Waals surface area contributed by atoms with Crippen molar-refractivity contribution < 1.29 is 28.6 Å². The highest BCUT2D eigenvalue weighted by Gasteiger charge is 2.41. The van der Waals surface area contributed by atoms with Crippen molar-refractivity contribution in [3.05, 3.63) is 61.0 Å². The fraction of sp³-hybridized carbons (Fsp3) is 0.261. The van der Waals surface area contributed by atoms with Gasteiger partial charge in [-0.15, -0.1) is 0 Å². The van der Waals surface area contributed by atoms with Gasteiger partial charge in [0.25, 0.3) is 11.1 Å². The third kappa shape index (κ3) is 6.01. The molecule has 1 fully saturated rings. The Morgan fingerprint density at radius 2 is 1.91 bits per heavy atom. The van der Waals surface area contributed by atoms with E-state index >= 15 is 0 Å². The Balaban J connectivity index is 1.86. The third-order valence-corrected chi connectivity index (χ3v) is 6.62. The second kappa shape index (κ2) is 11.3. The average Bonchev–Trinajstić information content (AvgIpc) is 3.06. The number of hydrogen-bond acceptors (Lipinski definition) is 7. The molecule has 2 aromatic carbocycles.